The second-order valence-electron chi connectivity index (χ2n) is 6.22. The number of methoxy groups -OCH3 is 1. The molecule has 1 aliphatic heterocycles. The van der Waals surface area contributed by atoms with E-state index in [0.717, 1.165) is 11.3 Å². The number of hydrogen-bond acceptors (Lipinski definition) is 6. The monoisotopic (exact) mass is 413 g/mol. The molecule has 0 aliphatic carbocycles. The van der Waals surface area contributed by atoms with Crippen molar-refractivity contribution in [3.63, 3.8) is 0 Å². The van der Waals surface area contributed by atoms with Crippen LogP contribution in [-0.4, -0.2) is 44.4 Å². The van der Waals surface area contributed by atoms with Crippen molar-refractivity contribution in [3.8, 4) is 22.8 Å². The van der Waals surface area contributed by atoms with Gasteiger partial charge in [-0.05, 0) is 35.9 Å². The van der Waals surface area contributed by atoms with Gasteiger partial charge in [0.05, 0.1) is 25.1 Å². The zero-order chi connectivity index (χ0) is 20.1. The van der Waals surface area contributed by atoms with Gasteiger partial charge in [0, 0.05) is 18.1 Å². The van der Waals surface area contributed by atoms with Crippen molar-refractivity contribution in [2.24, 2.45) is 10.1 Å². The van der Waals surface area contributed by atoms with Crippen LogP contribution < -0.4 is 14.3 Å². The Morgan fingerprint density at radius 2 is 2.00 bits per heavy atom. The number of rotatable bonds is 6. The van der Waals surface area contributed by atoms with Gasteiger partial charge in [-0.15, -0.1) is 11.3 Å². The molecule has 0 atom stereocenters. The van der Waals surface area contributed by atoms with E-state index in [2.05, 4.69) is 10.1 Å². The molecule has 150 valence electrons. The second-order valence-corrected chi connectivity index (χ2v) is 7.05. The minimum Gasteiger partial charge on any atom is -0.486 e. The van der Waals surface area contributed by atoms with Crippen LogP contribution in [0.2, 0.25) is 0 Å². The standard InChI is InChI=1S/C21H20FN3O3S/c1-26-9-8-23-21-25(18(14-29-21)16-4-2-3-5-17(16)22)24-13-15-6-7-19-20(12-15)28-11-10-27-19/h2-7,12-14H,8-11H2,1H3/b23-21?,24-13+. The van der Waals surface area contributed by atoms with Crippen LogP contribution in [0.1, 0.15) is 5.56 Å². The maximum atomic E-state index is 14.4. The largest absolute Gasteiger partial charge is 0.486 e. The van der Waals surface area contributed by atoms with E-state index in [4.69, 9.17) is 14.2 Å². The number of benzene rings is 2. The van der Waals surface area contributed by atoms with Crippen molar-refractivity contribution < 1.29 is 18.6 Å². The van der Waals surface area contributed by atoms with Gasteiger partial charge in [-0.3, -0.25) is 4.99 Å². The van der Waals surface area contributed by atoms with Crippen LogP contribution in [0.4, 0.5) is 4.39 Å². The van der Waals surface area contributed by atoms with E-state index in [1.54, 1.807) is 36.2 Å². The molecule has 1 aliphatic rings. The Balaban J connectivity index is 1.73. The predicted molar refractivity (Wildman–Crippen MR) is 110 cm³/mol. The minimum atomic E-state index is -0.308. The summed E-state index contributed by atoms with van der Waals surface area (Å²) in [6, 6.07) is 12.3. The van der Waals surface area contributed by atoms with E-state index in [-0.39, 0.29) is 5.82 Å². The maximum absolute atomic E-state index is 14.4. The number of halogens is 1. The summed E-state index contributed by atoms with van der Waals surface area (Å²) in [5, 5.41) is 6.44. The van der Waals surface area contributed by atoms with Crippen molar-refractivity contribution >= 4 is 17.6 Å². The summed E-state index contributed by atoms with van der Waals surface area (Å²) in [5.74, 6) is 1.10. The molecule has 0 saturated heterocycles. The van der Waals surface area contributed by atoms with Gasteiger partial charge in [0.1, 0.15) is 19.0 Å². The molecule has 6 nitrogen and oxygen atoms in total. The van der Waals surface area contributed by atoms with Crippen LogP contribution in [-0.2, 0) is 4.74 Å². The molecular formula is C21H20FN3O3S. The van der Waals surface area contributed by atoms with E-state index in [0.29, 0.717) is 48.2 Å². The summed E-state index contributed by atoms with van der Waals surface area (Å²) in [6.45, 7) is 2.06. The summed E-state index contributed by atoms with van der Waals surface area (Å²) >= 11 is 1.40. The molecular weight excluding hydrogens is 393 g/mol. The first kappa shape index (κ1) is 19.4. The van der Waals surface area contributed by atoms with Crippen LogP contribution in [0.15, 0.2) is 57.9 Å². The average molecular weight is 413 g/mol. The third-order valence-electron chi connectivity index (χ3n) is 4.27. The normalized spacial score (nSPS) is 13.9. The Morgan fingerprint density at radius 1 is 1.17 bits per heavy atom. The molecule has 0 unspecified atom stereocenters. The van der Waals surface area contributed by atoms with E-state index in [9.17, 15) is 4.39 Å². The summed E-state index contributed by atoms with van der Waals surface area (Å²) in [5.41, 5.74) is 1.95. The summed E-state index contributed by atoms with van der Waals surface area (Å²) in [6.07, 6.45) is 1.70. The topological polar surface area (TPSA) is 57.3 Å². The fourth-order valence-corrected chi connectivity index (χ4v) is 3.73. The van der Waals surface area contributed by atoms with Gasteiger partial charge >= 0.3 is 0 Å². The van der Waals surface area contributed by atoms with Crippen LogP contribution in [0.25, 0.3) is 11.3 Å². The maximum Gasteiger partial charge on any atom is 0.206 e. The molecule has 0 saturated carbocycles. The van der Waals surface area contributed by atoms with Gasteiger partial charge in [-0.1, -0.05) is 12.1 Å². The van der Waals surface area contributed by atoms with Crippen molar-refractivity contribution in [1.29, 1.82) is 0 Å². The molecule has 1 aromatic heterocycles. The minimum absolute atomic E-state index is 0.308. The quantitative estimate of drug-likeness (QED) is 0.459. The Kier molecular flexibility index (Phi) is 6.02. The van der Waals surface area contributed by atoms with Gasteiger partial charge < -0.3 is 14.2 Å². The van der Waals surface area contributed by atoms with Crippen LogP contribution in [0, 0.1) is 5.82 Å². The second kappa shape index (κ2) is 9.02. The fourth-order valence-electron chi connectivity index (χ4n) is 2.87. The van der Waals surface area contributed by atoms with E-state index >= 15 is 0 Å². The fraction of sp³-hybridized carbons (Fsp3) is 0.238. The Morgan fingerprint density at radius 3 is 2.83 bits per heavy atom. The molecule has 0 fully saturated rings. The lowest BCUT2D eigenvalue weighted by Crippen LogP contribution is -2.15. The SMILES string of the molecule is COCCN=c1scc(-c2ccccc2F)n1/N=C/c1ccc2c(c1)OCCO2. The third kappa shape index (κ3) is 4.38. The first-order valence-corrected chi connectivity index (χ1v) is 10.0. The molecule has 8 heteroatoms. The van der Waals surface area contributed by atoms with Crippen molar-refractivity contribution in [1.82, 2.24) is 4.68 Å². The zero-order valence-corrected chi connectivity index (χ0v) is 16.7. The highest BCUT2D eigenvalue weighted by molar-refractivity contribution is 7.07. The highest BCUT2D eigenvalue weighted by Crippen LogP contribution is 2.30. The molecule has 0 N–H and O–H groups in total. The molecule has 0 spiro atoms. The molecule has 4 rings (SSSR count). The number of ether oxygens (including phenoxy) is 3. The molecule has 0 amide bonds. The first-order valence-electron chi connectivity index (χ1n) is 9.15. The zero-order valence-electron chi connectivity index (χ0n) is 15.9. The first-order chi connectivity index (χ1) is 14.3. The lowest BCUT2D eigenvalue weighted by Gasteiger charge is -2.18. The average Bonchev–Trinajstić information content (AvgIpc) is 3.15. The van der Waals surface area contributed by atoms with E-state index < -0.39 is 0 Å². The number of nitrogens with zero attached hydrogens (tertiary/aromatic N) is 3. The molecule has 29 heavy (non-hydrogen) atoms. The Bertz CT molecular complexity index is 1090. The molecule has 2 heterocycles. The molecule has 0 bridgehead atoms. The van der Waals surface area contributed by atoms with Crippen molar-refractivity contribution in [3.05, 3.63) is 64.0 Å². The van der Waals surface area contributed by atoms with Crippen molar-refractivity contribution in [2.75, 3.05) is 33.5 Å². The predicted octanol–water partition coefficient (Wildman–Crippen LogP) is 3.56. The highest BCUT2D eigenvalue weighted by atomic mass is 32.1. The number of thiazole rings is 1. The third-order valence-corrected chi connectivity index (χ3v) is 5.12. The highest BCUT2D eigenvalue weighted by Gasteiger charge is 2.13. The van der Waals surface area contributed by atoms with E-state index in [1.807, 2.05) is 23.6 Å². The number of hydrogen-bond donors (Lipinski definition) is 0. The summed E-state index contributed by atoms with van der Waals surface area (Å²) in [7, 11) is 1.63. The Labute approximate surface area is 171 Å². The lowest BCUT2D eigenvalue weighted by molar-refractivity contribution is 0.171. The Hall–Kier alpha value is -2.97. The number of aromatic nitrogens is 1. The molecule has 0 radical (unpaired) electrons. The lowest BCUT2D eigenvalue weighted by atomic mass is 10.1. The van der Waals surface area contributed by atoms with Gasteiger partial charge in [-0.2, -0.15) is 5.10 Å². The van der Waals surface area contributed by atoms with Gasteiger partial charge in [-0.25, -0.2) is 9.07 Å². The van der Waals surface area contributed by atoms with Crippen LogP contribution in [0.5, 0.6) is 11.5 Å². The smallest absolute Gasteiger partial charge is 0.206 e. The summed E-state index contributed by atoms with van der Waals surface area (Å²) < 4.78 is 32.3. The summed E-state index contributed by atoms with van der Waals surface area (Å²) in [4.78, 5) is 5.19. The van der Waals surface area contributed by atoms with Gasteiger partial charge in [0.2, 0.25) is 4.80 Å². The van der Waals surface area contributed by atoms with Gasteiger partial charge in [0.15, 0.2) is 11.5 Å². The molecule has 3 aromatic rings. The molecule has 2 aromatic carbocycles. The van der Waals surface area contributed by atoms with Crippen molar-refractivity contribution in [2.45, 2.75) is 0 Å². The van der Waals surface area contributed by atoms with Crippen LogP contribution in [0.3, 0.4) is 0 Å². The van der Waals surface area contributed by atoms with E-state index in [1.165, 1.54) is 17.4 Å². The number of fused-ring (bicyclic) bond motifs is 1. The van der Waals surface area contributed by atoms with Gasteiger partial charge in [0.25, 0.3) is 0 Å². The van der Waals surface area contributed by atoms with Crippen LogP contribution >= 0.6 is 11.3 Å².